The van der Waals surface area contributed by atoms with Gasteiger partial charge in [-0.05, 0) is 47.9 Å². The van der Waals surface area contributed by atoms with Crippen LogP contribution in [0.25, 0.3) is 11.1 Å². The predicted octanol–water partition coefficient (Wildman–Crippen LogP) is 2.28. The van der Waals surface area contributed by atoms with E-state index in [-0.39, 0.29) is 18.3 Å². The minimum absolute atomic E-state index is 0.0344. The normalized spacial score (nSPS) is 23.4. The maximum Gasteiger partial charge on any atom is 0.339 e. The number of nitrogens with zero attached hydrogens (tertiary/aromatic N) is 2. The first kappa shape index (κ1) is 26.8. The van der Waals surface area contributed by atoms with Crippen LogP contribution < -0.4 is 10.6 Å². The van der Waals surface area contributed by atoms with Gasteiger partial charge in [-0.1, -0.05) is 18.2 Å². The average molecular weight is 549 g/mol. The molecule has 0 radical (unpaired) electrons. The van der Waals surface area contributed by atoms with E-state index in [2.05, 4.69) is 21.6 Å². The molecule has 0 aliphatic carbocycles. The van der Waals surface area contributed by atoms with Crippen molar-refractivity contribution in [3.63, 3.8) is 0 Å². The zero-order valence-corrected chi connectivity index (χ0v) is 22.3. The number of amides is 1. The van der Waals surface area contributed by atoms with Gasteiger partial charge in [0.25, 0.3) is 5.91 Å². The number of benzene rings is 2. The van der Waals surface area contributed by atoms with Crippen LogP contribution in [-0.4, -0.2) is 81.0 Å². The third-order valence-corrected chi connectivity index (χ3v) is 8.48. The first-order chi connectivity index (χ1) is 19.5. The Labute approximate surface area is 232 Å². The van der Waals surface area contributed by atoms with Gasteiger partial charge in [0.15, 0.2) is 0 Å². The number of hydrogen-bond donors (Lipinski definition) is 2. The summed E-state index contributed by atoms with van der Waals surface area (Å²) < 4.78 is 32.1. The molecule has 4 aliphatic heterocycles. The molecule has 40 heavy (non-hydrogen) atoms. The van der Waals surface area contributed by atoms with Gasteiger partial charge in [-0.2, -0.15) is 5.26 Å². The minimum atomic E-state index is -0.889. The number of carbonyl (C=O) groups is 2. The molecule has 6 rings (SSSR count). The maximum atomic E-state index is 15.3. The molecule has 0 unspecified atom stereocenters. The molecule has 1 amide bonds. The topological polar surface area (TPSA) is 113 Å². The zero-order chi connectivity index (χ0) is 27.7. The quantitative estimate of drug-likeness (QED) is 0.529. The van der Waals surface area contributed by atoms with E-state index in [0.717, 1.165) is 50.4 Å². The summed E-state index contributed by atoms with van der Waals surface area (Å²) in [5, 5.41) is 15.4. The van der Waals surface area contributed by atoms with E-state index in [1.807, 2.05) is 12.1 Å². The Morgan fingerprint density at radius 3 is 2.70 bits per heavy atom. The Balaban J connectivity index is 1.16. The second-order valence-corrected chi connectivity index (χ2v) is 11.0. The van der Waals surface area contributed by atoms with Crippen molar-refractivity contribution in [2.24, 2.45) is 0 Å². The maximum absolute atomic E-state index is 15.3. The van der Waals surface area contributed by atoms with Gasteiger partial charge in [0.1, 0.15) is 23.6 Å². The van der Waals surface area contributed by atoms with Crippen LogP contribution in [0.5, 0.6) is 0 Å². The van der Waals surface area contributed by atoms with Crippen LogP contribution in [0.1, 0.15) is 40.7 Å². The molecule has 4 heterocycles. The fourth-order valence-electron chi connectivity index (χ4n) is 6.01. The second kappa shape index (κ2) is 11.3. The third kappa shape index (κ3) is 5.22. The Kier molecular flexibility index (Phi) is 7.55. The summed E-state index contributed by atoms with van der Waals surface area (Å²) >= 11 is 0. The highest BCUT2D eigenvalue weighted by molar-refractivity contribution is 5.95. The number of rotatable bonds is 6. The second-order valence-electron chi connectivity index (χ2n) is 11.0. The Bertz CT molecular complexity index is 1320. The first-order valence-corrected chi connectivity index (χ1v) is 14.0. The molecule has 4 aliphatic rings. The molecule has 10 heteroatoms. The summed E-state index contributed by atoms with van der Waals surface area (Å²) in [6.07, 6.45) is 1.59. The van der Waals surface area contributed by atoms with Crippen LogP contribution >= 0.6 is 0 Å². The number of hydrogen-bond acceptors (Lipinski definition) is 8. The number of nitrogens with one attached hydrogen (secondary N) is 2. The predicted molar refractivity (Wildman–Crippen MR) is 143 cm³/mol. The smallest absolute Gasteiger partial charge is 0.339 e. The molecule has 1 spiro atoms. The van der Waals surface area contributed by atoms with E-state index < -0.39 is 23.6 Å². The van der Waals surface area contributed by atoms with E-state index in [1.165, 1.54) is 6.07 Å². The number of fused-ring (bicyclic) bond motifs is 2. The highest BCUT2D eigenvalue weighted by Crippen LogP contribution is 2.46. The van der Waals surface area contributed by atoms with E-state index in [0.29, 0.717) is 48.7 Å². The molecule has 210 valence electrons. The van der Waals surface area contributed by atoms with Crippen molar-refractivity contribution in [3.05, 3.63) is 58.9 Å². The lowest BCUT2D eigenvalue weighted by Gasteiger charge is -2.44. The van der Waals surface area contributed by atoms with Gasteiger partial charge in [-0.15, -0.1) is 0 Å². The molecule has 2 aromatic carbocycles. The van der Waals surface area contributed by atoms with Crippen molar-refractivity contribution < 1.29 is 28.2 Å². The molecule has 0 aromatic heterocycles. The van der Waals surface area contributed by atoms with Crippen molar-refractivity contribution in [1.29, 1.82) is 5.26 Å². The van der Waals surface area contributed by atoms with E-state index in [9.17, 15) is 14.9 Å². The lowest BCUT2D eigenvalue weighted by molar-refractivity contribution is -0.132. The summed E-state index contributed by atoms with van der Waals surface area (Å²) in [5.74, 6) is -1.15. The van der Waals surface area contributed by atoms with Gasteiger partial charge in [0, 0.05) is 51.1 Å². The fraction of sp³-hybridized carbons (Fsp3) is 0.500. The summed E-state index contributed by atoms with van der Waals surface area (Å²) in [7, 11) is 0. The van der Waals surface area contributed by atoms with Crippen molar-refractivity contribution >= 4 is 11.9 Å². The Morgan fingerprint density at radius 1 is 1.20 bits per heavy atom. The van der Waals surface area contributed by atoms with Crippen LogP contribution in [0.15, 0.2) is 36.4 Å². The van der Waals surface area contributed by atoms with Crippen molar-refractivity contribution in [3.8, 4) is 17.2 Å². The molecule has 2 N–H and O–H groups in total. The Morgan fingerprint density at radius 2 is 1.98 bits per heavy atom. The number of esters is 1. The lowest BCUT2D eigenvalue weighted by atomic mass is 9.82. The molecule has 3 saturated heterocycles. The van der Waals surface area contributed by atoms with Gasteiger partial charge in [-0.3, -0.25) is 9.69 Å². The van der Waals surface area contributed by atoms with Crippen LogP contribution in [0.2, 0.25) is 0 Å². The van der Waals surface area contributed by atoms with Crippen LogP contribution in [0.3, 0.4) is 0 Å². The molecular formula is C30H33FN4O5. The summed E-state index contributed by atoms with van der Waals surface area (Å²) in [6, 6.07) is 12.0. The SMILES string of the molecule is N#C[C@H](Cc1ccc(-c2ccc3c(c2)C2(CCN(C4COC4)CC2)OC3=O)cc1F)NC(=O)[C@@H]1CNCCCO1. The number of nitriles is 1. The number of carbonyl (C=O) groups excluding carboxylic acids is 2. The van der Waals surface area contributed by atoms with Gasteiger partial charge < -0.3 is 24.8 Å². The van der Waals surface area contributed by atoms with Crippen LogP contribution in [0.4, 0.5) is 4.39 Å². The average Bonchev–Trinajstić information content (AvgIpc) is 3.09. The van der Waals surface area contributed by atoms with Gasteiger partial charge in [0.05, 0.1) is 30.9 Å². The van der Waals surface area contributed by atoms with E-state index in [1.54, 1.807) is 18.2 Å². The Hall–Kier alpha value is -3.36. The standard InChI is InChI=1S/C30H33FN4O5/c31-26-14-20(2-3-21(26)12-22(15-32)34-28(36)27-16-33-8-1-11-39-27)19-4-5-24-25(13-19)30(40-29(24)37)6-9-35(10-7-30)23-17-38-18-23/h2-5,13-14,22-23,27,33H,1,6-12,16-18H2,(H,34,36)/t22-,27-/m0/s1. The largest absolute Gasteiger partial charge is 0.450 e. The van der Waals surface area contributed by atoms with Crippen molar-refractivity contribution in [1.82, 2.24) is 15.5 Å². The number of likely N-dealkylation sites (tertiary alicyclic amines) is 1. The highest BCUT2D eigenvalue weighted by Gasteiger charge is 2.48. The van der Waals surface area contributed by atoms with Gasteiger partial charge in [0.2, 0.25) is 0 Å². The molecule has 2 atom stereocenters. The highest BCUT2D eigenvalue weighted by atomic mass is 19.1. The van der Waals surface area contributed by atoms with Crippen molar-refractivity contribution in [2.45, 2.75) is 49.5 Å². The molecule has 0 bridgehead atoms. The fourth-order valence-corrected chi connectivity index (χ4v) is 6.01. The molecule has 3 fully saturated rings. The lowest BCUT2D eigenvalue weighted by Crippen LogP contribution is -2.54. The third-order valence-electron chi connectivity index (χ3n) is 8.48. The van der Waals surface area contributed by atoms with E-state index >= 15 is 4.39 Å². The van der Waals surface area contributed by atoms with E-state index in [4.69, 9.17) is 14.2 Å². The minimum Gasteiger partial charge on any atom is -0.450 e. The molecule has 0 saturated carbocycles. The number of halogens is 1. The summed E-state index contributed by atoms with van der Waals surface area (Å²) in [6.45, 7) is 4.78. The van der Waals surface area contributed by atoms with Crippen LogP contribution in [0, 0.1) is 17.1 Å². The zero-order valence-electron chi connectivity index (χ0n) is 22.3. The monoisotopic (exact) mass is 548 g/mol. The number of ether oxygens (including phenoxy) is 3. The molecular weight excluding hydrogens is 515 g/mol. The van der Waals surface area contributed by atoms with Gasteiger partial charge >= 0.3 is 5.97 Å². The van der Waals surface area contributed by atoms with Gasteiger partial charge in [-0.25, -0.2) is 9.18 Å². The molecule has 2 aromatic rings. The first-order valence-electron chi connectivity index (χ1n) is 14.0. The summed E-state index contributed by atoms with van der Waals surface area (Å²) in [5.41, 5.74) is 2.57. The number of piperidine rings is 1. The van der Waals surface area contributed by atoms with Crippen LogP contribution in [-0.2, 0) is 31.0 Å². The molecule has 9 nitrogen and oxygen atoms in total. The summed E-state index contributed by atoms with van der Waals surface area (Å²) in [4.78, 5) is 27.7. The van der Waals surface area contributed by atoms with Crippen molar-refractivity contribution in [2.75, 3.05) is 46.0 Å².